The van der Waals surface area contributed by atoms with Crippen LogP contribution in [0.25, 0.3) is 11.1 Å². The molecule has 3 nitrogen and oxygen atoms in total. The van der Waals surface area contributed by atoms with Gasteiger partial charge in [0.25, 0.3) is 0 Å². The van der Waals surface area contributed by atoms with Crippen LogP contribution < -0.4 is 10.5 Å². The van der Waals surface area contributed by atoms with Crippen molar-refractivity contribution >= 4 is 0 Å². The summed E-state index contributed by atoms with van der Waals surface area (Å²) in [5.74, 6) is 0.826. The Hall–Kier alpha value is -1.87. The molecule has 1 saturated carbocycles. The molecular formula is C18H22N2O. The number of nitrogens with two attached hydrogens (primary N) is 1. The van der Waals surface area contributed by atoms with Crippen LogP contribution in [0.15, 0.2) is 42.7 Å². The third kappa shape index (κ3) is 3.24. The predicted octanol–water partition coefficient (Wildman–Crippen LogP) is 3.43. The Morgan fingerprint density at radius 2 is 1.90 bits per heavy atom. The van der Waals surface area contributed by atoms with Gasteiger partial charge in [-0.25, -0.2) is 0 Å². The zero-order valence-corrected chi connectivity index (χ0v) is 12.5. The fraction of sp³-hybridized carbons (Fsp3) is 0.389. The fourth-order valence-corrected chi connectivity index (χ4v) is 2.41. The summed E-state index contributed by atoms with van der Waals surface area (Å²) in [6, 6.07) is 10.7. The van der Waals surface area contributed by atoms with E-state index in [9.17, 15) is 0 Å². The van der Waals surface area contributed by atoms with Crippen molar-refractivity contribution in [2.45, 2.75) is 26.2 Å². The minimum absolute atomic E-state index is 0.221. The van der Waals surface area contributed by atoms with Crippen LogP contribution in [0, 0.1) is 5.41 Å². The zero-order valence-electron chi connectivity index (χ0n) is 12.5. The van der Waals surface area contributed by atoms with Gasteiger partial charge in [-0.15, -0.1) is 0 Å². The number of hydrogen-bond acceptors (Lipinski definition) is 3. The van der Waals surface area contributed by atoms with Gasteiger partial charge < -0.3 is 10.5 Å². The van der Waals surface area contributed by atoms with E-state index in [1.54, 1.807) is 6.20 Å². The highest BCUT2D eigenvalue weighted by Crippen LogP contribution is 2.44. The number of nitrogens with zero attached hydrogens (tertiary/aromatic N) is 1. The van der Waals surface area contributed by atoms with Gasteiger partial charge in [-0.2, -0.15) is 0 Å². The quantitative estimate of drug-likeness (QED) is 0.883. The van der Waals surface area contributed by atoms with Gasteiger partial charge in [0.1, 0.15) is 5.75 Å². The number of benzene rings is 1. The van der Waals surface area contributed by atoms with Gasteiger partial charge in [-0.05, 0) is 36.5 Å². The molecule has 1 aliphatic rings. The van der Waals surface area contributed by atoms with E-state index < -0.39 is 0 Å². The Bertz CT molecular complexity index is 603. The molecule has 0 bridgehead atoms. The molecule has 1 fully saturated rings. The van der Waals surface area contributed by atoms with Gasteiger partial charge in [-0.3, -0.25) is 4.98 Å². The lowest BCUT2D eigenvalue weighted by Crippen LogP contribution is -2.22. The van der Waals surface area contributed by atoms with Gasteiger partial charge >= 0.3 is 0 Å². The van der Waals surface area contributed by atoms with E-state index in [-0.39, 0.29) is 5.41 Å². The molecule has 0 amide bonds. The minimum atomic E-state index is 0.221. The van der Waals surface area contributed by atoms with E-state index in [4.69, 9.17) is 10.5 Å². The zero-order chi connectivity index (χ0) is 14.7. The van der Waals surface area contributed by atoms with Gasteiger partial charge in [0, 0.05) is 23.7 Å². The summed E-state index contributed by atoms with van der Waals surface area (Å²) in [4.78, 5) is 4.29. The highest BCUT2D eigenvalue weighted by atomic mass is 16.5. The number of aromatic nitrogens is 1. The molecule has 0 aliphatic heterocycles. The number of hydrogen-bond donors (Lipinski definition) is 1. The van der Waals surface area contributed by atoms with Crippen LogP contribution in [0.1, 0.15) is 25.3 Å². The topological polar surface area (TPSA) is 48.1 Å². The maximum absolute atomic E-state index is 5.89. The molecule has 2 aromatic rings. The maximum Gasteiger partial charge on any atom is 0.138 e. The fourth-order valence-electron chi connectivity index (χ4n) is 2.41. The first-order valence-electron chi connectivity index (χ1n) is 7.62. The molecular weight excluding hydrogens is 260 g/mol. The first-order chi connectivity index (χ1) is 10.2. The largest absolute Gasteiger partial charge is 0.491 e. The maximum atomic E-state index is 5.89. The molecule has 3 rings (SSSR count). The molecule has 1 heterocycles. The SMILES string of the molecule is CCc1ccc(-c2cncc(OCC3(CN)CC3)c2)cc1. The van der Waals surface area contributed by atoms with Crippen molar-refractivity contribution in [3.8, 4) is 16.9 Å². The Morgan fingerprint density at radius 3 is 2.52 bits per heavy atom. The van der Waals surface area contributed by atoms with E-state index in [1.165, 1.54) is 24.0 Å². The average Bonchev–Trinajstić information content (AvgIpc) is 3.34. The van der Waals surface area contributed by atoms with Crippen LogP contribution in [-0.4, -0.2) is 18.1 Å². The van der Waals surface area contributed by atoms with E-state index in [2.05, 4.69) is 42.2 Å². The van der Waals surface area contributed by atoms with Crippen LogP contribution in [0.2, 0.25) is 0 Å². The van der Waals surface area contributed by atoms with Gasteiger partial charge in [-0.1, -0.05) is 31.2 Å². The normalized spacial score (nSPS) is 15.7. The smallest absolute Gasteiger partial charge is 0.138 e. The predicted molar refractivity (Wildman–Crippen MR) is 85.3 cm³/mol. The lowest BCUT2D eigenvalue weighted by Gasteiger charge is -2.14. The summed E-state index contributed by atoms with van der Waals surface area (Å²) in [6.07, 6.45) is 7.06. The van der Waals surface area contributed by atoms with Crippen molar-refractivity contribution in [2.75, 3.05) is 13.2 Å². The molecule has 0 unspecified atom stereocenters. The molecule has 0 atom stereocenters. The van der Waals surface area contributed by atoms with Crippen LogP contribution in [0.5, 0.6) is 5.75 Å². The molecule has 1 aromatic heterocycles. The van der Waals surface area contributed by atoms with Crippen molar-refractivity contribution in [1.29, 1.82) is 0 Å². The highest BCUT2D eigenvalue weighted by Gasteiger charge is 2.42. The average molecular weight is 282 g/mol. The first-order valence-corrected chi connectivity index (χ1v) is 7.62. The van der Waals surface area contributed by atoms with Crippen LogP contribution in [0.3, 0.4) is 0 Å². The Labute approximate surface area is 126 Å². The summed E-state index contributed by atoms with van der Waals surface area (Å²) in [6.45, 7) is 3.57. The second-order valence-electron chi connectivity index (χ2n) is 5.95. The summed E-state index contributed by atoms with van der Waals surface area (Å²) >= 11 is 0. The lowest BCUT2D eigenvalue weighted by atomic mass is 10.0. The molecule has 110 valence electrons. The summed E-state index contributed by atoms with van der Waals surface area (Å²) < 4.78 is 5.89. The monoisotopic (exact) mass is 282 g/mol. The minimum Gasteiger partial charge on any atom is -0.491 e. The van der Waals surface area contributed by atoms with Gasteiger partial charge in [0.2, 0.25) is 0 Å². The molecule has 0 saturated heterocycles. The van der Waals surface area contributed by atoms with Crippen LogP contribution in [-0.2, 0) is 6.42 Å². The first kappa shape index (κ1) is 14.1. The van der Waals surface area contributed by atoms with Crippen molar-refractivity contribution in [2.24, 2.45) is 11.1 Å². The molecule has 21 heavy (non-hydrogen) atoms. The Morgan fingerprint density at radius 1 is 1.14 bits per heavy atom. The van der Waals surface area contributed by atoms with Crippen molar-refractivity contribution < 1.29 is 4.74 Å². The van der Waals surface area contributed by atoms with E-state index >= 15 is 0 Å². The number of rotatable bonds is 6. The second kappa shape index (κ2) is 5.86. The van der Waals surface area contributed by atoms with E-state index in [1.807, 2.05) is 6.20 Å². The second-order valence-corrected chi connectivity index (χ2v) is 5.95. The third-order valence-corrected chi connectivity index (χ3v) is 4.34. The standard InChI is InChI=1S/C18H22N2O/c1-2-14-3-5-15(6-4-14)16-9-17(11-20-10-16)21-13-18(12-19)7-8-18/h3-6,9-11H,2,7-8,12-13,19H2,1H3. The Balaban J connectivity index is 1.72. The molecule has 1 aliphatic carbocycles. The number of pyridine rings is 1. The van der Waals surface area contributed by atoms with Crippen LogP contribution in [0.4, 0.5) is 0 Å². The highest BCUT2D eigenvalue weighted by molar-refractivity contribution is 5.64. The molecule has 0 radical (unpaired) electrons. The lowest BCUT2D eigenvalue weighted by molar-refractivity contribution is 0.238. The Kier molecular flexibility index (Phi) is 3.93. The van der Waals surface area contributed by atoms with E-state index in [0.717, 1.165) is 17.7 Å². The van der Waals surface area contributed by atoms with E-state index in [0.29, 0.717) is 13.2 Å². The summed E-state index contributed by atoms with van der Waals surface area (Å²) in [7, 11) is 0. The molecule has 2 N–H and O–H groups in total. The molecule has 0 spiro atoms. The van der Waals surface area contributed by atoms with Gasteiger partial charge in [0.15, 0.2) is 0 Å². The van der Waals surface area contributed by atoms with Gasteiger partial charge in [0.05, 0.1) is 12.8 Å². The summed E-state index contributed by atoms with van der Waals surface area (Å²) in [5, 5.41) is 0. The number of ether oxygens (including phenoxy) is 1. The summed E-state index contributed by atoms with van der Waals surface area (Å²) in [5.41, 5.74) is 9.61. The molecule has 3 heteroatoms. The number of aryl methyl sites for hydroxylation is 1. The van der Waals surface area contributed by atoms with Crippen molar-refractivity contribution in [3.63, 3.8) is 0 Å². The van der Waals surface area contributed by atoms with Crippen molar-refractivity contribution in [3.05, 3.63) is 48.3 Å². The van der Waals surface area contributed by atoms with Crippen molar-refractivity contribution in [1.82, 2.24) is 4.98 Å². The molecule has 1 aromatic carbocycles. The van der Waals surface area contributed by atoms with Crippen LogP contribution >= 0.6 is 0 Å². The third-order valence-electron chi connectivity index (χ3n) is 4.34.